The summed E-state index contributed by atoms with van der Waals surface area (Å²) in [5.74, 6) is -0.145. The summed E-state index contributed by atoms with van der Waals surface area (Å²) < 4.78 is 1.58. The van der Waals surface area contributed by atoms with Crippen LogP contribution in [0.1, 0.15) is 16.8 Å². The van der Waals surface area contributed by atoms with Gasteiger partial charge in [0.05, 0.1) is 6.21 Å². The molecule has 1 amide bonds. The Bertz CT molecular complexity index is 704. The Hall–Kier alpha value is -2.89. The number of nitrogens with zero attached hydrogens (tertiary/aromatic N) is 3. The fourth-order valence-corrected chi connectivity index (χ4v) is 1.95. The third-order valence-corrected chi connectivity index (χ3v) is 3.13. The van der Waals surface area contributed by atoms with Gasteiger partial charge in [-0.05, 0) is 31.0 Å². The number of phenols is 1. The van der Waals surface area contributed by atoms with Crippen molar-refractivity contribution in [3.8, 4) is 5.75 Å². The van der Waals surface area contributed by atoms with E-state index in [1.807, 2.05) is 25.1 Å². The van der Waals surface area contributed by atoms with Crippen LogP contribution < -0.4 is 5.43 Å². The molecule has 0 aliphatic carbocycles. The summed E-state index contributed by atoms with van der Waals surface area (Å²) in [6.07, 6.45) is 5.33. The molecule has 2 rings (SSSR count). The highest BCUT2D eigenvalue weighted by Gasteiger charge is 2.05. The number of hydrogen-bond acceptors (Lipinski definition) is 4. The van der Waals surface area contributed by atoms with Crippen molar-refractivity contribution in [2.24, 2.45) is 5.10 Å². The van der Waals surface area contributed by atoms with Crippen molar-refractivity contribution in [2.45, 2.75) is 19.9 Å². The summed E-state index contributed by atoms with van der Waals surface area (Å²) in [4.78, 5) is 11.7. The Balaban J connectivity index is 1.98. The fraction of sp³-hybridized carbons (Fsp3) is 0.188. The second kappa shape index (κ2) is 7.21. The van der Waals surface area contributed by atoms with Gasteiger partial charge in [-0.3, -0.25) is 9.48 Å². The fourth-order valence-electron chi connectivity index (χ4n) is 1.95. The van der Waals surface area contributed by atoms with Crippen LogP contribution in [-0.4, -0.2) is 27.0 Å². The summed E-state index contributed by atoms with van der Waals surface area (Å²) >= 11 is 0. The van der Waals surface area contributed by atoms with E-state index in [4.69, 9.17) is 0 Å². The van der Waals surface area contributed by atoms with Gasteiger partial charge in [-0.2, -0.15) is 10.2 Å². The standard InChI is InChI=1S/C16H18N4O2/c1-3-5-13-6-4-7-14(16(13)22)10-17-19-15(21)11-20-12(2)8-9-18-20/h3-4,6-10,22H,1,5,11H2,2H3,(H,19,21)/b17-10+. The number of hydrazone groups is 1. The number of carbonyl (C=O) groups excluding carboxylic acids is 1. The second-order valence-electron chi connectivity index (χ2n) is 4.77. The number of amides is 1. The minimum atomic E-state index is -0.287. The highest BCUT2D eigenvalue weighted by molar-refractivity contribution is 5.85. The summed E-state index contributed by atoms with van der Waals surface area (Å²) in [5, 5.41) is 17.9. The molecule has 1 aromatic carbocycles. The van der Waals surface area contributed by atoms with Crippen molar-refractivity contribution >= 4 is 12.1 Å². The molecule has 6 heteroatoms. The first kappa shape index (κ1) is 15.5. The zero-order chi connectivity index (χ0) is 15.9. The van der Waals surface area contributed by atoms with E-state index in [1.54, 1.807) is 23.0 Å². The average Bonchev–Trinajstić information content (AvgIpc) is 2.88. The Morgan fingerprint density at radius 2 is 2.32 bits per heavy atom. The zero-order valence-corrected chi connectivity index (χ0v) is 12.4. The van der Waals surface area contributed by atoms with Crippen molar-refractivity contribution in [3.05, 3.63) is 59.9 Å². The van der Waals surface area contributed by atoms with Gasteiger partial charge in [-0.25, -0.2) is 5.43 Å². The number of allylic oxidation sites excluding steroid dienone is 1. The number of benzene rings is 1. The zero-order valence-electron chi connectivity index (χ0n) is 12.4. The van der Waals surface area contributed by atoms with E-state index in [1.165, 1.54) is 6.21 Å². The van der Waals surface area contributed by atoms with Crippen LogP contribution in [0.15, 0.2) is 48.2 Å². The number of rotatable bonds is 6. The van der Waals surface area contributed by atoms with Crippen LogP contribution in [-0.2, 0) is 17.8 Å². The van der Waals surface area contributed by atoms with Gasteiger partial charge in [0.25, 0.3) is 5.91 Å². The van der Waals surface area contributed by atoms with E-state index in [2.05, 4.69) is 22.2 Å². The third kappa shape index (κ3) is 3.82. The van der Waals surface area contributed by atoms with Crippen LogP contribution in [0.3, 0.4) is 0 Å². The maximum Gasteiger partial charge on any atom is 0.261 e. The lowest BCUT2D eigenvalue weighted by atomic mass is 10.1. The quantitative estimate of drug-likeness (QED) is 0.484. The molecule has 0 unspecified atom stereocenters. The second-order valence-corrected chi connectivity index (χ2v) is 4.77. The molecule has 22 heavy (non-hydrogen) atoms. The third-order valence-electron chi connectivity index (χ3n) is 3.13. The van der Waals surface area contributed by atoms with Gasteiger partial charge in [-0.1, -0.05) is 18.2 Å². The van der Waals surface area contributed by atoms with Crippen molar-refractivity contribution in [1.29, 1.82) is 0 Å². The molecular weight excluding hydrogens is 280 g/mol. The van der Waals surface area contributed by atoms with Crippen LogP contribution in [0.25, 0.3) is 0 Å². The van der Waals surface area contributed by atoms with E-state index in [9.17, 15) is 9.90 Å². The molecular formula is C16H18N4O2. The lowest BCUT2D eigenvalue weighted by molar-refractivity contribution is -0.121. The molecule has 1 heterocycles. The van der Waals surface area contributed by atoms with Gasteiger partial charge < -0.3 is 5.11 Å². The van der Waals surface area contributed by atoms with Crippen molar-refractivity contribution in [3.63, 3.8) is 0 Å². The van der Waals surface area contributed by atoms with E-state index in [-0.39, 0.29) is 18.2 Å². The Labute approximate surface area is 128 Å². The molecule has 0 saturated heterocycles. The smallest absolute Gasteiger partial charge is 0.261 e. The molecule has 0 spiro atoms. The maximum absolute atomic E-state index is 11.7. The van der Waals surface area contributed by atoms with Crippen LogP contribution in [0.2, 0.25) is 0 Å². The normalized spacial score (nSPS) is 10.8. The molecule has 1 aromatic heterocycles. The number of hydrogen-bond donors (Lipinski definition) is 2. The topological polar surface area (TPSA) is 79.5 Å². The lowest BCUT2D eigenvalue weighted by Crippen LogP contribution is -2.24. The Morgan fingerprint density at radius 3 is 3.00 bits per heavy atom. The van der Waals surface area contributed by atoms with Gasteiger partial charge in [0.15, 0.2) is 0 Å². The first-order chi connectivity index (χ1) is 10.6. The SMILES string of the molecule is C=CCc1cccc(/C=N/NC(=O)Cn2nccc2C)c1O. The molecule has 0 saturated carbocycles. The number of para-hydroxylation sites is 1. The molecule has 0 aliphatic heterocycles. The summed E-state index contributed by atoms with van der Waals surface area (Å²) in [6.45, 7) is 5.61. The maximum atomic E-state index is 11.7. The predicted molar refractivity (Wildman–Crippen MR) is 84.7 cm³/mol. The first-order valence-corrected chi connectivity index (χ1v) is 6.84. The minimum absolute atomic E-state index is 0.0959. The number of aromatic nitrogens is 2. The summed E-state index contributed by atoms with van der Waals surface area (Å²) in [6, 6.07) is 7.16. The van der Waals surface area contributed by atoms with E-state index >= 15 is 0 Å². The summed E-state index contributed by atoms with van der Waals surface area (Å²) in [5.41, 5.74) is 4.61. The molecule has 2 N–H and O–H groups in total. The molecule has 0 bridgehead atoms. The predicted octanol–water partition coefficient (Wildman–Crippen LogP) is 1.78. The lowest BCUT2D eigenvalue weighted by Gasteiger charge is -2.05. The molecule has 0 fully saturated rings. The van der Waals surface area contributed by atoms with Crippen molar-refractivity contribution in [1.82, 2.24) is 15.2 Å². The monoisotopic (exact) mass is 298 g/mol. The van der Waals surface area contributed by atoms with Gasteiger partial charge in [0.1, 0.15) is 12.3 Å². The van der Waals surface area contributed by atoms with Gasteiger partial charge in [0.2, 0.25) is 0 Å². The molecule has 114 valence electrons. The van der Waals surface area contributed by atoms with Crippen molar-refractivity contribution in [2.75, 3.05) is 0 Å². The Kier molecular flexibility index (Phi) is 5.08. The van der Waals surface area contributed by atoms with Gasteiger partial charge >= 0.3 is 0 Å². The number of aromatic hydroxyl groups is 1. The van der Waals surface area contributed by atoms with Crippen LogP contribution in [0, 0.1) is 6.92 Å². The van der Waals surface area contributed by atoms with Crippen molar-refractivity contribution < 1.29 is 9.90 Å². The number of carbonyl (C=O) groups is 1. The minimum Gasteiger partial charge on any atom is -0.507 e. The van der Waals surface area contributed by atoms with Gasteiger partial charge in [-0.15, -0.1) is 6.58 Å². The number of aryl methyl sites for hydroxylation is 1. The number of nitrogens with one attached hydrogen (secondary N) is 1. The highest BCUT2D eigenvalue weighted by Crippen LogP contribution is 2.21. The van der Waals surface area contributed by atoms with Gasteiger partial charge in [0, 0.05) is 17.5 Å². The Morgan fingerprint density at radius 1 is 1.50 bits per heavy atom. The number of phenolic OH excluding ortho intramolecular Hbond substituents is 1. The van der Waals surface area contributed by atoms with Crippen LogP contribution in [0.5, 0.6) is 5.75 Å². The molecule has 0 radical (unpaired) electrons. The van der Waals surface area contributed by atoms with E-state index < -0.39 is 0 Å². The molecule has 0 atom stereocenters. The first-order valence-electron chi connectivity index (χ1n) is 6.84. The molecule has 0 aliphatic rings. The highest BCUT2D eigenvalue weighted by atomic mass is 16.3. The largest absolute Gasteiger partial charge is 0.507 e. The van der Waals surface area contributed by atoms with Crippen LogP contribution >= 0.6 is 0 Å². The molecule has 2 aromatic rings. The van der Waals surface area contributed by atoms with E-state index in [0.29, 0.717) is 12.0 Å². The van der Waals surface area contributed by atoms with E-state index in [0.717, 1.165) is 11.3 Å². The average molecular weight is 298 g/mol. The van der Waals surface area contributed by atoms with Crippen LogP contribution in [0.4, 0.5) is 0 Å². The summed E-state index contributed by atoms with van der Waals surface area (Å²) in [7, 11) is 0. The molecule has 6 nitrogen and oxygen atoms in total.